The largest absolute Gasteiger partial charge is 0.390 e. The maximum absolute atomic E-state index is 14.7. The Balaban J connectivity index is 0.940. The second-order valence-corrected chi connectivity index (χ2v) is 35.6. The zero-order valence-corrected chi connectivity index (χ0v) is 76.9. The molecule has 9 atom stereocenters. The van der Waals surface area contributed by atoms with E-state index in [4.69, 9.17) is 30.4 Å². The van der Waals surface area contributed by atoms with Gasteiger partial charge in [-0.3, -0.25) is 62.3 Å². The van der Waals surface area contributed by atoms with Crippen LogP contribution in [0.15, 0.2) is 73.3 Å². The average Bonchev–Trinajstić information content (AvgIpc) is 1.77. The molecule has 7 rings (SSSR count). The average molecular weight is 1810 g/mol. The minimum atomic E-state index is -1.52. The molecule has 0 spiro atoms. The van der Waals surface area contributed by atoms with E-state index < -0.39 is 150 Å². The van der Waals surface area contributed by atoms with Crippen LogP contribution in [0, 0.1) is 28.6 Å². The van der Waals surface area contributed by atoms with Crippen molar-refractivity contribution in [1.29, 1.82) is 0 Å². The number of hydrogen-bond donors (Lipinski definition) is 22. The van der Waals surface area contributed by atoms with Gasteiger partial charge in [-0.15, -0.1) is 0 Å². The van der Waals surface area contributed by atoms with Crippen LogP contribution < -0.4 is 102 Å². The molecule has 2 bridgehead atoms. The van der Waals surface area contributed by atoms with Gasteiger partial charge in [0, 0.05) is 164 Å². The van der Waals surface area contributed by atoms with Gasteiger partial charge in [0.25, 0.3) is 0 Å². The number of imidazole rings is 1. The molecule has 4 aromatic rings. The third kappa shape index (κ3) is 40.4. The lowest BCUT2D eigenvalue weighted by atomic mass is 9.66. The number of H-pyrrole nitrogens is 2. The van der Waals surface area contributed by atoms with E-state index in [1.54, 1.807) is 74.6 Å². The fourth-order valence-corrected chi connectivity index (χ4v) is 14.9. The molecule has 2 aromatic carbocycles. The number of para-hydroxylation sites is 1. The molecule has 13 amide bonds. The molecule has 9 unspecified atom stereocenters. The quantitative estimate of drug-likeness (QED) is 0.0201. The van der Waals surface area contributed by atoms with Crippen LogP contribution in [0.2, 0.25) is 0 Å². The third-order valence-corrected chi connectivity index (χ3v) is 22.5. The number of amides is 13. The van der Waals surface area contributed by atoms with Gasteiger partial charge in [-0.25, -0.2) is 4.98 Å². The number of aliphatic hydroxyl groups excluding tert-OH is 1. The molecule has 5 heterocycles. The highest BCUT2D eigenvalue weighted by Crippen LogP contribution is 2.37. The number of nitrogens with two attached hydrogens (primary N) is 2. The van der Waals surface area contributed by atoms with E-state index in [1.807, 2.05) is 27.7 Å². The number of carbonyl (C=O) groups is 13. The number of fused-ring (bicyclic) bond motifs is 16. The zero-order chi connectivity index (χ0) is 94.3. The van der Waals surface area contributed by atoms with Crippen LogP contribution in [0.25, 0.3) is 10.9 Å². The summed E-state index contributed by atoms with van der Waals surface area (Å²) in [5, 5.41) is 63.9. The van der Waals surface area contributed by atoms with E-state index in [9.17, 15) is 67.4 Å². The third-order valence-electron chi connectivity index (χ3n) is 22.5. The molecule has 3 saturated heterocycles. The van der Waals surface area contributed by atoms with E-state index in [1.165, 1.54) is 19.4 Å². The number of aromatic amines is 2. The summed E-state index contributed by atoms with van der Waals surface area (Å²) < 4.78 is 22.6. The summed E-state index contributed by atoms with van der Waals surface area (Å²) in [5.41, 5.74) is 13.0. The number of primary amides is 2. The number of carbonyl (C=O) groups excluding carboxylic acids is 13. The maximum Gasteiger partial charge on any atom is 0.243 e. The Labute approximate surface area is 757 Å². The molecule has 0 radical (unpaired) electrons. The summed E-state index contributed by atoms with van der Waals surface area (Å²) in [7, 11) is 0. The Morgan fingerprint density at radius 1 is 0.488 bits per heavy atom. The number of rotatable bonds is 54. The first kappa shape index (κ1) is 108. The highest BCUT2D eigenvalue weighted by molar-refractivity contribution is 5.98. The fourth-order valence-electron chi connectivity index (χ4n) is 14.9. The van der Waals surface area contributed by atoms with Crippen molar-refractivity contribution in [3.63, 3.8) is 0 Å². The van der Waals surface area contributed by atoms with Gasteiger partial charge in [-0.05, 0) is 73.0 Å². The number of aliphatic hydroxyl groups is 1. The fraction of sp³-hybridized carbons (Fsp3) is 0.663. The number of aromatic nitrogens is 3. The Bertz CT molecular complexity index is 4090. The molecule has 2 aromatic heterocycles. The molecule has 3 fully saturated rings. The van der Waals surface area contributed by atoms with Crippen molar-refractivity contribution in [3.05, 3.63) is 90.1 Å². The maximum atomic E-state index is 14.7. The first-order chi connectivity index (χ1) is 61.5. The predicted octanol–water partition coefficient (Wildman–Crippen LogP) is -2.62. The first-order valence-electron chi connectivity index (χ1n) is 45.2. The van der Waals surface area contributed by atoms with Crippen LogP contribution in [0.4, 0.5) is 0 Å². The lowest BCUT2D eigenvalue weighted by Crippen LogP contribution is -2.66. The van der Waals surface area contributed by atoms with Crippen LogP contribution in [0.5, 0.6) is 0 Å². The molecule has 0 saturated carbocycles. The van der Waals surface area contributed by atoms with Gasteiger partial charge >= 0.3 is 0 Å². The van der Waals surface area contributed by atoms with E-state index in [2.05, 4.69) is 126 Å². The number of nitrogens with zero attached hydrogens (tertiary/aromatic N) is 1. The van der Waals surface area contributed by atoms with Crippen molar-refractivity contribution in [2.24, 2.45) is 40.1 Å². The van der Waals surface area contributed by atoms with Crippen molar-refractivity contribution in [2.45, 2.75) is 206 Å². The molecule has 0 aliphatic carbocycles. The van der Waals surface area contributed by atoms with Crippen molar-refractivity contribution < 1.29 is 86.4 Å². The van der Waals surface area contributed by atoms with Crippen LogP contribution in [0.3, 0.4) is 0 Å². The molecular weight excluding hydrogens is 1670 g/mol. The van der Waals surface area contributed by atoms with E-state index >= 15 is 0 Å². The molecular formula is C89H146N22O18. The molecule has 40 nitrogen and oxygen atoms in total. The lowest BCUT2D eigenvalue weighted by molar-refractivity contribution is -0.135. The van der Waals surface area contributed by atoms with Gasteiger partial charge in [-0.2, -0.15) is 0 Å². The summed E-state index contributed by atoms with van der Waals surface area (Å²) >= 11 is 0. The summed E-state index contributed by atoms with van der Waals surface area (Å²) in [6.07, 6.45) is 2.54. The van der Waals surface area contributed by atoms with Gasteiger partial charge in [0.1, 0.15) is 42.3 Å². The summed E-state index contributed by atoms with van der Waals surface area (Å²) in [6.45, 7) is 29.0. The second kappa shape index (κ2) is 57.1. The Hall–Kier alpha value is -10.1. The molecule has 24 N–H and O–H groups in total. The SMILES string of the molecule is CC(C)CC(NC(=O)CC(O)C(CC(C)C)NC(=O)C(Cc1cnc[nH]1)NC(=O)CNC(=O)C(NC(=O)C(C)NC(=O)C(Cc1c[nH]c2ccccc12)NC(=O)C(CCC(N)=O)NC(=O)C(Cc1ccccc1)NC(=O)CCOCCOCCOCCOCCNC(=O)CCCC(=O)NC12CNCCNCC(C(C)(C)C)(CNCCNC1)CNCCNC2)C(C)C)C(N)=O. The lowest BCUT2D eigenvalue weighted by Gasteiger charge is -2.46. The minimum absolute atomic E-state index is 0.00713. The standard InChI is InChI=1S/C89H146N22O18/c1-57(2)41-67(72(112)46-77(117)104-68(80(91)119)42-58(3)4)108-85(124)71(45-63-48-98-56-102-63)106-78(118)49-101-86(125)79(59(5)6)110-81(120)60(7)103-83(122)70(44-62-47-100-65-20-15-14-19-64(62)65)109-82(121)66(23-24-73(90)113)107-84(123)69(43-61-17-12-11-13-18-61)105-75(115)25-33-126-35-37-128-39-40-129-38-36-127-34-32-99-74(114)21-16-22-76(116)111-89-53-95-29-26-92-50-88(87(8,9)10,51-93-27-30-96-54-89)52-94-28-31-97-55-89/h11-15,17-20,47-48,56-60,66-72,79,92-97,100,112H,16,21-46,49-55H2,1-10H3,(H2,90,113)(H2,91,119)(H,98,102)(H,99,114)(H,101,125)(H,103,122)(H,104,117)(H,105,115)(H,106,118)(H,107,123)(H,108,124)(H,109,121)(H,110,120)(H,111,116). The number of nitrogens with one attached hydrogen (secondary N) is 19. The van der Waals surface area contributed by atoms with Gasteiger partial charge in [-0.1, -0.05) is 111 Å². The molecule has 720 valence electrons. The monoisotopic (exact) mass is 1810 g/mol. The highest BCUT2D eigenvalue weighted by Gasteiger charge is 2.42. The topological polar surface area (TPSA) is 580 Å². The smallest absolute Gasteiger partial charge is 0.243 e. The highest BCUT2D eigenvalue weighted by atomic mass is 16.6. The van der Waals surface area contributed by atoms with E-state index in [0.29, 0.717) is 60.3 Å². The molecule has 40 heteroatoms. The van der Waals surface area contributed by atoms with Crippen molar-refractivity contribution in [3.8, 4) is 0 Å². The second-order valence-electron chi connectivity index (χ2n) is 35.6. The number of benzene rings is 2. The molecule has 3 aliphatic heterocycles. The van der Waals surface area contributed by atoms with Gasteiger partial charge in [0.2, 0.25) is 76.8 Å². The Morgan fingerprint density at radius 2 is 1.01 bits per heavy atom. The van der Waals surface area contributed by atoms with Crippen LogP contribution >= 0.6 is 0 Å². The van der Waals surface area contributed by atoms with Crippen molar-refractivity contribution >= 4 is 87.7 Å². The van der Waals surface area contributed by atoms with Crippen LogP contribution in [0.1, 0.15) is 144 Å². The first-order valence-corrected chi connectivity index (χ1v) is 45.2. The van der Waals surface area contributed by atoms with Crippen molar-refractivity contribution in [1.82, 2.24) is 105 Å². The number of ether oxygens (including phenoxy) is 4. The van der Waals surface area contributed by atoms with E-state index in [-0.39, 0.29) is 145 Å². The Kier molecular flexibility index (Phi) is 47.7. The summed E-state index contributed by atoms with van der Waals surface area (Å²) in [5.74, 6) is -9.62. The van der Waals surface area contributed by atoms with Crippen LogP contribution in [-0.4, -0.2) is 301 Å². The van der Waals surface area contributed by atoms with Crippen molar-refractivity contribution in [2.75, 3.05) is 144 Å². The van der Waals surface area contributed by atoms with Gasteiger partial charge in [0.15, 0.2) is 0 Å². The molecule has 129 heavy (non-hydrogen) atoms. The predicted molar refractivity (Wildman–Crippen MR) is 485 cm³/mol. The number of hydrogen-bond acceptors (Lipinski definition) is 25. The molecule has 3 aliphatic rings. The zero-order valence-electron chi connectivity index (χ0n) is 76.9. The summed E-state index contributed by atoms with van der Waals surface area (Å²) in [4.78, 5) is 187. The van der Waals surface area contributed by atoms with E-state index in [0.717, 1.165) is 58.9 Å². The normalized spacial score (nSPS) is 18.1. The van der Waals surface area contributed by atoms with Gasteiger partial charge in [0.05, 0.1) is 89.8 Å². The minimum Gasteiger partial charge on any atom is -0.390 e. The van der Waals surface area contributed by atoms with Gasteiger partial charge < -0.3 is 136 Å². The Morgan fingerprint density at radius 3 is 1.58 bits per heavy atom. The summed E-state index contributed by atoms with van der Waals surface area (Å²) in [6, 6.07) is 5.68. The van der Waals surface area contributed by atoms with Crippen LogP contribution in [-0.2, 0) is 101 Å².